The van der Waals surface area contributed by atoms with Gasteiger partial charge in [0.05, 0.1) is 27.1 Å². The molecule has 1 fully saturated rings. The van der Waals surface area contributed by atoms with E-state index in [4.69, 9.17) is 16.3 Å². The Labute approximate surface area is 176 Å². The van der Waals surface area contributed by atoms with E-state index < -0.39 is 17.6 Å². The average molecular weight is 436 g/mol. The second-order valence-electron chi connectivity index (χ2n) is 7.34. The number of halogens is 2. The molecule has 0 unspecified atom stereocenters. The first-order valence-electron chi connectivity index (χ1n) is 9.68. The Bertz CT molecular complexity index is 936. The van der Waals surface area contributed by atoms with Gasteiger partial charge in [-0.1, -0.05) is 23.4 Å². The third kappa shape index (κ3) is 3.63. The molecule has 152 valence electrons. The Morgan fingerprint density at radius 2 is 1.76 bits per heavy atom. The van der Waals surface area contributed by atoms with Crippen LogP contribution in [-0.4, -0.2) is 23.9 Å². The normalized spacial score (nSPS) is 19.6. The molecule has 2 aliphatic carbocycles. The van der Waals surface area contributed by atoms with Crippen molar-refractivity contribution in [1.29, 1.82) is 0 Å². The minimum atomic E-state index is -0.827. The number of hydrogen-bond donors (Lipinski definition) is 0. The number of rotatable bonds is 5. The molecule has 0 N–H and O–H groups in total. The molecule has 0 radical (unpaired) electrons. The fourth-order valence-corrected chi connectivity index (χ4v) is 5.05. The number of anilines is 1. The van der Waals surface area contributed by atoms with Crippen LogP contribution in [0.4, 0.5) is 10.1 Å². The number of hydrogen-bond acceptors (Lipinski definition) is 5. The van der Waals surface area contributed by atoms with Gasteiger partial charge in [-0.25, -0.2) is 14.1 Å². The lowest BCUT2D eigenvalue weighted by Gasteiger charge is -2.22. The quantitative estimate of drug-likeness (QED) is 0.370. The molecule has 5 nitrogen and oxygen atoms in total. The Balaban J connectivity index is 1.78. The number of imide groups is 1. The summed E-state index contributed by atoms with van der Waals surface area (Å²) in [6.07, 6.45) is 6.43. The molecule has 0 saturated heterocycles. The van der Waals surface area contributed by atoms with Crippen LogP contribution in [0, 0.1) is 5.82 Å². The summed E-state index contributed by atoms with van der Waals surface area (Å²) in [5, 5.41) is 1.05. The molecule has 1 aromatic carbocycles. The van der Waals surface area contributed by atoms with Crippen molar-refractivity contribution in [3.05, 3.63) is 33.5 Å². The number of thioether (sulfide) groups is 1. The average Bonchev–Trinajstić information content (AvgIpc) is 3.32. The fourth-order valence-electron chi connectivity index (χ4n) is 4.15. The molecule has 3 aliphatic rings. The molecule has 0 aromatic heterocycles. The van der Waals surface area contributed by atoms with Crippen molar-refractivity contribution in [3.8, 4) is 5.75 Å². The predicted molar refractivity (Wildman–Crippen MR) is 108 cm³/mol. The lowest BCUT2D eigenvalue weighted by molar-refractivity contribution is -0.120. The summed E-state index contributed by atoms with van der Waals surface area (Å²) < 4.78 is 21.3. The first kappa shape index (κ1) is 20.2. The Hall–Kier alpha value is -2.08. The van der Waals surface area contributed by atoms with Crippen LogP contribution >= 0.6 is 23.4 Å². The first-order chi connectivity index (χ1) is 14.0. The van der Waals surface area contributed by atoms with Crippen LogP contribution in [-0.2, 0) is 14.4 Å². The summed E-state index contributed by atoms with van der Waals surface area (Å²) in [6.45, 7) is 0. The van der Waals surface area contributed by atoms with Crippen molar-refractivity contribution < 1.29 is 23.5 Å². The molecule has 1 saturated carbocycles. The summed E-state index contributed by atoms with van der Waals surface area (Å²) >= 11 is 7.12. The van der Waals surface area contributed by atoms with Gasteiger partial charge >= 0.3 is 0 Å². The highest BCUT2D eigenvalue weighted by Crippen LogP contribution is 2.45. The molecule has 29 heavy (non-hydrogen) atoms. The van der Waals surface area contributed by atoms with Gasteiger partial charge in [0.1, 0.15) is 11.7 Å². The zero-order valence-electron chi connectivity index (χ0n) is 15.6. The maximum absolute atomic E-state index is 15.4. The molecule has 2 amide bonds. The SMILES string of the molecule is O=C=CSc1c(F)c(N2C(=O)C3=C(CCCC3)C2=O)cc(OC2CCCC2)c1Cl. The summed E-state index contributed by atoms with van der Waals surface area (Å²) in [5.41, 5.74) is 0.750. The van der Waals surface area contributed by atoms with E-state index in [9.17, 15) is 14.4 Å². The van der Waals surface area contributed by atoms with Crippen molar-refractivity contribution in [2.45, 2.75) is 62.4 Å². The van der Waals surface area contributed by atoms with Crippen LogP contribution in [0.25, 0.3) is 0 Å². The van der Waals surface area contributed by atoms with Gasteiger partial charge in [0.25, 0.3) is 11.8 Å². The highest BCUT2D eigenvalue weighted by Gasteiger charge is 2.41. The van der Waals surface area contributed by atoms with Crippen molar-refractivity contribution in [1.82, 2.24) is 0 Å². The van der Waals surface area contributed by atoms with Gasteiger partial charge in [-0.05, 0) is 51.4 Å². The van der Waals surface area contributed by atoms with E-state index in [0.29, 0.717) is 24.0 Å². The zero-order valence-corrected chi connectivity index (χ0v) is 17.2. The van der Waals surface area contributed by atoms with Crippen molar-refractivity contribution >= 4 is 46.8 Å². The Morgan fingerprint density at radius 1 is 1.14 bits per heavy atom. The molecule has 8 heteroatoms. The highest BCUT2D eigenvalue weighted by atomic mass is 35.5. The molecule has 0 bridgehead atoms. The van der Waals surface area contributed by atoms with E-state index >= 15 is 4.39 Å². The molecule has 1 aliphatic heterocycles. The number of ether oxygens (including phenoxy) is 1. The third-order valence-electron chi connectivity index (χ3n) is 5.56. The number of carbonyl (C=O) groups excluding carboxylic acids is 3. The largest absolute Gasteiger partial charge is 0.489 e. The van der Waals surface area contributed by atoms with Crippen molar-refractivity contribution in [3.63, 3.8) is 0 Å². The van der Waals surface area contributed by atoms with Crippen LogP contribution in [0.5, 0.6) is 5.75 Å². The van der Waals surface area contributed by atoms with Crippen LogP contribution in [0.2, 0.25) is 5.02 Å². The minimum absolute atomic E-state index is 0.0199. The molecular weight excluding hydrogens is 417 g/mol. The van der Waals surface area contributed by atoms with Gasteiger partial charge in [0, 0.05) is 17.2 Å². The molecule has 1 heterocycles. The smallest absolute Gasteiger partial charge is 0.261 e. The maximum atomic E-state index is 15.4. The summed E-state index contributed by atoms with van der Waals surface area (Å²) in [5.74, 6) is -0.0130. The van der Waals surface area contributed by atoms with E-state index in [2.05, 4.69) is 0 Å². The molecule has 0 spiro atoms. The fraction of sp³-hybridized carbons (Fsp3) is 0.429. The minimum Gasteiger partial charge on any atom is -0.489 e. The second kappa shape index (κ2) is 8.34. The molecule has 0 atom stereocenters. The van der Waals surface area contributed by atoms with E-state index in [1.807, 2.05) is 0 Å². The van der Waals surface area contributed by atoms with Gasteiger partial charge in [0.2, 0.25) is 0 Å². The lowest BCUT2D eigenvalue weighted by Crippen LogP contribution is -2.32. The third-order valence-corrected chi connectivity index (χ3v) is 6.88. The van der Waals surface area contributed by atoms with Crippen LogP contribution in [0.1, 0.15) is 51.4 Å². The first-order valence-corrected chi connectivity index (χ1v) is 10.9. The van der Waals surface area contributed by atoms with Crippen LogP contribution in [0.3, 0.4) is 0 Å². The second-order valence-corrected chi connectivity index (χ2v) is 8.60. The van der Waals surface area contributed by atoms with Gasteiger partial charge in [0.15, 0.2) is 5.82 Å². The van der Waals surface area contributed by atoms with E-state index in [-0.39, 0.29) is 27.5 Å². The lowest BCUT2D eigenvalue weighted by atomic mass is 9.93. The Kier molecular flexibility index (Phi) is 5.81. The zero-order chi connectivity index (χ0) is 20.5. The van der Waals surface area contributed by atoms with E-state index in [1.54, 1.807) is 5.94 Å². The van der Waals surface area contributed by atoms with Crippen molar-refractivity contribution in [2.24, 2.45) is 0 Å². The summed E-state index contributed by atoms with van der Waals surface area (Å²) in [6, 6.07) is 1.33. The number of carbonyl (C=O) groups is 2. The highest BCUT2D eigenvalue weighted by molar-refractivity contribution is 8.02. The van der Waals surface area contributed by atoms with Gasteiger partial charge in [-0.3, -0.25) is 9.59 Å². The molecule has 4 rings (SSSR count). The van der Waals surface area contributed by atoms with E-state index in [0.717, 1.165) is 60.6 Å². The van der Waals surface area contributed by atoms with Gasteiger partial charge in [-0.2, -0.15) is 0 Å². The van der Waals surface area contributed by atoms with Gasteiger partial charge < -0.3 is 4.74 Å². The number of nitrogens with zero attached hydrogens (tertiary/aromatic N) is 1. The number of amides is 2. The molecule has 1 aromatic rings. The predicted octanol–water partition coefficient (Wildman–Crippen LogP) is 4.98. The summed E-state index contributed by atoms with van der Waals surface area (Å²) in [4.78, 5) is 37.3. The van der Waals surface area contributed by atoms with Crippen molar-refractivity contribution in [2.75, 3.05) is 4.90 Å². The Morgan fingerprint density at radius 3 is 2.34 bits per heavy atom. The summed E-state index contributed by atoms with van der Waals surface area (Å²) in [7, 11) is 0. The molecular formula is C21H19ClFNO4S. The monoisotopic (exact) mass is 435 g/mol. The topological polar surface area (TPSA) is 63.7 Å². The number of benzene rings is 1. The van der Waals surface area contributed by atoms with Gasteiger partial charge in [-0.15, -0.1) is 0 Å². The van der Waals surface area contributed by atoms with E-state index in [1.165, 1.54) is 6.07 Å². The van der Waals surface area contributed by atoms with Crippen LogP contribution in [0.15, 0.2) is 27.5 Å². The standard InChI is InChI=1S/C21H19ClFNO4S/c22-17-16(28-12-5-1-2-6-12)11-15(18(23)19(17)29-10-9-25)24-20(26)13-7-3-4-8-14(13)21(24)27/h10-12H,1-8H2. The maximum Gasteiger partial charge on any atom is 0.261 e. The van der Waals surface area contributed by atoms with Crippen LogP contribution < -0.4 is 9.64 Å².